The molecule has 0 unspecified atom stereocenters. The minimum absolute atomic E-state index is 0.495. The molecule has 0 fully saturated rings. The van der Waals surface area contributed by atoms with Gasteiger partial charge in [-0.1, -0.05) is 48.5 Å². The molecule has 0 aromatic heterocycles. The van der Waals surface area contributed by atoms with Crippen LogP contribution in [-0.2, 0) is 0 Å². The fourth-order valence-corrected chi connectivity index (χ4v) is 4.47. The second kappa shape index (κ2) is 5.73. The van der Waals surface area contributed by atoms with Gasteiger partial charge in [-0.2, -0.15) is 0 Å². The average Bonchev–Trinajstić information content (AvgIpc) is 2.63. The van der Waals surface area contributed by atoms with Crippen molar-refractivity contribution < 1.29 is 0 Å². The summed E-state index contributed by atoms with van der Waals surface area (Å²) in [5.74, 6) is 2.51. The molecule has 0 saturated carbocycles. The Morgan fingerprint density at radius 3 is 2.09 bits per heavy atom. The number of benzene rings is 2. The third-order valence-electron chi connectivity index (χ3n) is 5.41. The number of hydrogen-bond acceptors (Lipinski definition) is 1. The van der Waals surface area contributed by atoms with E-state index in [1.807, 2.05) is 14.1 Å². The molecule has 2 aromatic rings. The Balaban J connectivity index is 1.71. The van der Waals surface area contributed by atoms with Gasteiger partial charge in [0.25, 0.3) is 0 Å². The van der Waals surface area contributed by atoms with Crippen molar-refractivity contribution in [2.24, 2.45) is 10.9 Å². The molecular weight excluding hydrogens is 282 g/mol. The van der Waals surface area contributed by atoms with Gasteiger partial charge in [-0.25, -0.2) is 0 Å². The highest BCUT2D eigenvalue weighted by Crippen LogP contribution is 2.54. The maximum atomic E-state index is 4.24. The fourth-order valence-electron chi connectivity index (χ4n) is 4.47. The molecule has 23 heavy (non-hydrogen) atoms. The Labute approximate surface area is 137 Å². The van der Waals surface area contributed by atoms with Gasteiger partial charge >= 0.3 is 0 Å². The molecule has 118 valence electrons. The van der Waals surface area contributed by atoms with Crippen LogP contribution in [0.3, 0.4) is 0 Å². The van der Waals surface area contributed by atoms with E-state index in [4.69, 9.17) is 0 Å². The van der Waals surface area contributed by atoms with Crippen LogP contribution in [0.2, 0.25) is 0 Å². The van der Waals surface area contributed by atoms with Crippen molar-refractivity contribution in [2.75, 3.05) is 20.6 Å². The van der Waals surface area contributed by atoms with Gasteiger partial charge in [-0.05, 0) is 34.6 Å². The van der Waals surface area contributed by atoms with Crippen molar-refractivity contribution in [3.63, 3.8) is 0 Å². The number of rotatable bonds is 2. The van der Waals surface area contributed by atoms with E-state index in [0.717, 1.165) is 12.5 Å². The maximum absolute atomic E-state index is 4.24. The number of fused-ring (bicyclic) bond motifs is 1. The highest BCUT2D eigenvalue weighted by molar-refractivity contribution is 5.79. The Morgan fingerprint density at radius 1 is 1.00 bits per heavy atom. The third-order valence-corrected chi connectivity index (χ3v) is 5.41. The summed E-state index contributed by atoms with van der Waals surface area (Å²) in [5, 5.41) is 6.59. The fraction of sp³-hybridized carbons (Fsp3) is 0.350. The van der Waals surface area contributed by atoms with Crippen LogP contribution in [0.1, 0.15) is 40.5 Å². The molecule has 0 heterocycles. The first-order chi connectivity index (χ1) is 11.3. The molecule has 0 aliphatic heterocycles. The van der Waals surface area contributed by atoms with E-state index in [2.05, 4.69) is 64.2 Å². The van der Waals surface area contributed by atoms with Gasteiger partial charge in [-0.15, -0.1) is 0 Å². The summed E-state index contributed by atoms with van der Waals surface area (Å²) in [7, 11) is 3.73. The van der Waals surface area contributed by atoms with Gasteiger partial charge in [0.05, 0.1) is 0 Å². The minimum atomic E-state index is 0.495. The lowest BCUT2D eigenvalue weighted by molar-refractivity contribution is 0.354. The highest BCUT2D eigenvalue weighted by Gasteiger charge is 2.42. The number of aliphatic imine (C=N–C) groups is 1. The molecule has 3 heteroatoms. The Kier molecular flexibility index (Phi) is 3.56. The average molecular weight is 305 g/mol. The first-order valence-electron chi connectivity index (χ1n) is 8.39. The lowest BCUT2D eigenvalue weighted by Crippen LogP contribution is -2.42. The molecule has 3 aliphatic rings. The second-order valence-corrected chi connectivity index (χ2v) is 6.49. The number of nitrogens with one attached hydrogen (secondary N) is 2. The van der Waals surface area contributed by atoms with Crippen LogP contribution in [0, 0.1) is 5.92 Å². The third kappa shape index (κ3) is 2.23. The molecular formula is C20H23N3. The molecule has 3 nitrogen and oxygen atoms in total. The van der Waals surface area contributed by atoms with Crippen molar-refractivity contribution in [1.82, 2.24) is 10.6 Å². The van der Waals surface area contributed by atoms with Gasteiger partial charge in [0.2, 0.25) is 0 Å². The molecule has 2 N–H and O–H groups in total. The summed E-state index contributed by atoms with van der Waals surface area (Å²) >= 11 is 0. The van der Waals surface area contributed by atoms with Crippen molar-refractivity contribution in [3.8, 4) is 0 Å². The number of guanidine groups is 1. The van der Waals surface area contributed by atoms with E-state index in [1.165, 1.54) is 28.7 Å². The molecule has 0 radical (unpaired) electrons. The molecule has 0 spiro atoms. The van der Waals surface area contributed by atoms with Crippen LogP contribution in [-0.4, -0.2) is 26.6 Å². The van der Waals surface area contributed by atoms with Crippen molar-refractivity contribution in [2.45, 2.75) is 18.3 Å². The summed E-state index contributed by atoms with van der Waals surface area (Å²) in [6, 6.07) is 18.0. The topological polar surface area (TPSA) is 36.4 Å². The standard InChI is InChI=1S/C20H23N3/c1-21-20(22-2)23-12-13-11-18-14-7-3-5-9-16(14)19(13)17-10-6-4-8-15(17)18/h3-10,13,18-19H,11-12H2,1-2H3,(H2,21,22,23)/t13-,18?,19?/m0/s1. The van der Waals surface area contributed by atoms with Crippen molar-refractivity contribution in [3.05, 3.63) is 70.8 Å². The first-order valence-corrected chi connectivity index (χ1v) is 8.39. The summed E-state index contributed by atoms with van der Waals surface area (Å²) in [6.45, 7) is 0.956. The second-order valence-electron chi connectivity index (χ2n) is 6.49. The SMILES string of the molecule is CN=C(NC)NC[C@@H]1CC2c3ccccc3C1c1ccccc12. The van der Waals surface area contributed by atoms with Crippen LogP contribution in [0.4, 0.5) is 0 Å². The molecule has 0 amide bonds. The van der Waals surface area contributed by atoms with Crippen LogP contribution >= 0.6 is 0 Å². The van der Waals surface area contributed by atoms with Crippen LogP contribution in [0.25, 0.3) is 0 Å². The number of hydrogen-bond donors (Lipinski definition) is 2. The Hall–Kier alpha value is -2.29. The zero-order valence-electron chi connectivity index (χ0n) is 13.7. The van der Waals surface area contributed by atoms with Gasteiger partial charge < -0.3 is 10.6 Å². The van der Waals surface area contributed by atoms with Gasteiger partial charge in [-0.3, -0.25) is 4.99 Å². The molecule has 3 aliphatic carbocycles. The summed E-state index contributed by atoms with van der Waals surface area (Å²) in [4.78, 5) is 4.24. The largest absolute Gasteiger partial charge is 0.359 e. The Morgan fingerprint density at radius 2 is 1.57 bits per heavy atom. The summed E-state index contributed by atoms with van der Waals surface area (Å²) in [5.41, 5.74) is 6.11. The number of nitrogens with zero attached hydrogens (tertiary/aromatic N) is 1. The van der Waals surface area contributed by atoms with E-state index < -0.39 is 0 Å². The monoisotopic (exact) mass is 305 g/mol. The predicted molar refractivity (Wildman–Crippen MR) is 95.1 cm³/mol. The normalized spacial score (nSPS) is 24.8. The van der Waals surface area contributed by atoms with Gasteiger partial charge in [0, 0.05) is 32.5 Å². The van der Waals surface area contributed by atoms with E-state index in [-0.39, 0.29) is 0 Å². The lowest BCUT2D eigenvalue weighted by Gasteiger charge is -2.45. The van der Waals surface area contributed by atoms with Crippen molar-refractivity contribution in [1.29, 1.82) is 0 Å². The molecule has 1 atom stereocenters. The highest BCUT2D eigenvalue weighted by atomic mass is 15.1. The van der Waals surface area contributed by atoms with E-state index in [9.17, 15) is 0 Å². The predicted octanol–water partition coefficient (Wildman–Crippen LogP) is 3.08. The molecule has 2 aromatic carbocycles. The summed E-state index contributed by atoms with van der Waals surface area (Å²) < 4.78 is 0. The Bertz CT molecular complexity index is 703. The van der Waals surface area contributed by atoms with E-state index in [0.29, 0.717) is 17.8 Å². The quantitative estimate of drug-likeness (QED) is 0.661. The molecule has 5 rings (SSSR count). The van der Waals surface area contributed by atoms with Crippen LogP contribution in [0.15, 0.2) is 53.5 Å². The van der Waals surface area contributed by atoms with Gasteiger partial charge in [0.15, 0.2) is 5.96 Å². The minimum Gasteiger partial charge on any atom is -0.359 e. The van der Waals surface area contributed by atoms with Gasteiger partial charge in [0.1, 0.15) is 0 Å². The zero-order chi connectivity index (χ0) is 15.8. The first kappa shape index (κ1) is 14.3. The van der Waals surface area contributed by atoms with E-state index in [1.54, 1.807) is 0 Å². The molecule has 2 bridgehead atoms. The molecule has 0 saturated heterocycles. The maximum Gasteiger partial charge on any atom is 0.190 e. The van der Waals surface area contributed by atoms with Crippen molar-refractivity contribution >= 4 is 5.96 Å². The lowest BCUT2D eigenvalue weighted by atomic mass is 9.59. The zero-order valence-corrected chi connectivity index (χ0v) is 13.7. The van der Waals surface area contributed by atoms with Crippen LogP contribution < -0.4 is 10.6 Å². The van der Waals surface area contributed by atoms with Crippen LogP contribution in [0.5, 0.6) is 0 Å². The summed E-state index contributed by atoms with van der Waals surface area (Å²) in [6.07, 6.45) is 1.21. The smallest absolute Gasteiger partial charge is 0.190 e. The van der Waals surface area contributed by atoms with E-state index >= 15 is 0 Å².